The van der Waals surface area contributed by atoms with Crippen molar-refractivity contribution in [3.05, 3.63) is 0 Å². The average Bonchev–Trinajstić information content (AvgIpc) is 1.61. The minimum absolute atomic E-state index is 0. The van der Waals surface area contributed by atoms with Crippen molar-refractivity contribution in [3.8, 4) is 0 Å². The van der Waals surface area contributed by atoms with Crippen molar-refractivity contribution >= 4 is 11.9 Å². The molecule has 0 saturated heterocycles. The fraction of sp³-hybridized carbons (Fsp3) is 0.500. The zero-order valence-corrected chi connectivity index (χ0v) is 6.18. The first-order chi connectivity index (χ1) is 3.63. The van der Waals surface area contributed by atoms with Gasteiger partial charge in [-0.15, -0.1) is 0 Å². The maximum atomic E-state index is 9.64. The Bertz CT molecular complexity index is 98.2. The first-order valence-corrected chi connectivity index (χ1v) is 2.06. The van der Waals surface area contributed by atoms with Crippen LogP contribution < -0.4 is 0 Å². The Balaban J connectivity index is -0.000000245. The summed E-state index contributed by atoms with van der Waals surface area (Å²) in [6.45, 7) is 0. The van der Waals surface area contributed by atoms with E-state index in [1.54, 1.807) is 0 Å². The SMILES string of the molecule is O.O=C(O)CCC(=O)O.[Mn]. The van der Waals surface area contributed by atoms with Gasteiger partial charge < -0.3 is 15.7 Å². The van der Waals surface area contributed by atoms with E-state index < -0.39 is 11.9 Å². The maximum absolute atomic E-state index is 9.64. The first-order valence-electron chi connectivity index (χ1n) is 2.06. The second-order valence-corrected chi connectivity index (χ2v) is 1.29. The number of rotatable bonds is 3. The Morgan fingerprint density at radius 2 is 1.20 bits per heavy atom. The predicted molar refractivity (Wildman–Crippen MR) is 28.1 cm³/mol. The van der Waals surface area contributed by atoms with Gasteiger partial charge in [-0.05, 0) is 0 Å². The number of aliphatic carboxylic acids is 2. The Hall–Kier alpha value is -0.581. The number of carbonyl (C=O) groups is 2. The van der Waals surface area contributed by atoms with Crippen LogP contribution in [0.5, 0.6) is 0 Å². The van der Waals surface area contributed by atoms with Crippen LogP contribution in [0.25, 0.3) is 0 Å². The van der Waals surface area contributed by atoms with Crippen LogP contribution in [0.15, 0.2) is 0 Å². The van der Waals surface area contributed by atoms with E-state index in [0.29, 0.717) is 0 Å². The van der Waals surface area contributed by atoms with Gasteiger partial charge in [-0.25, -0.2) is 0 Å². The van der Waals surface area contributed by atoms with Crippen molar-refractivity contribution in [1.82, 2.24) is 0 Å². The van der Waals surface area contributed by atoms with E-state index in [4.69, 9.17) is 10.2 Å². The minimum atomic E-state index is -1.08. The van der Waals surface area contributed by atoms with Gasteiger partial charge in [-0.1, -0.05) is 0 Å². The summed E-state index contributed by atoms with van der Waals surface area (Å²) in [6, 6.07) is 0. The molecule has 6 heteroatoms. The molecule has 4 N–H and O–H groups in total. The molecule has 1 radical (unpaired) electrons. The number of carboxylic acid groups (broad SMARTS) is 2. The molecule has 0 aliphatic heterocycles. The summed E-state index contributed by atoms with van der Waals surface area (Å²) in [4.78, 5) is 19.3. The van der Waals surface area contributed by atoms with E-state index in [1.165, 1.54) is 0 Å². The van der Waals surface area contributed by atoms with E-state index >= 15 is 0 Å². The molecule has 0 aliphatic rings. The number of hydrogen-bond donors (Lipinski definition) is 2. The first kappa shape index (κ1) is 16.2. The van der Waals surface area contributed by atoms with Crippen LogP contribution >= 0.6 is 0 Å². The molecule has 0 fully saturated rings. The summed E-state index contributed by atoms with van der Waals surface area (Å²) in [6.07, 6.45) is -0.593. The van der Waals surface area contributed by atoms with Crippen LogP contribution in [0.3, 0.4) is 0 Å². The van der Waals surface area contributed by atoms with Crippen LogP contribution in [0.1, 0.15) is 12.8 Å². The van der Waals surface area contributed by atoms with Gasteiger partial charge >= 0.3 is 11.9 Å². The van der Waals surface area contributed by atoms with Crippen molar-refractivity contribution < 1.29 is 42.3 Å². The van der Waals surface area contributed by atoms with Crippen LogP contribution in [0, 0.1) is 0 Å². The summed E-state index contributed by atoms with van der Waals surface area (Å²) in [5.41, 5.74) is 0. The second-order valence-electron chi connectivity index (χ2n) is 1.29. The van der Waals surface area contributed by atoms with Crippen LogP contribution in [0.4, 0.5) is 0 Å². The minimum Gasteiger partial charge on any atom is -0.481 e. The van der Waals surface area contributed by atoms with Crippen molar-refractivity contribution in [1.29, 1.82) is 0 Å². The average molecular weight is 191 g/mol. The molecule has 0 aromatic heterocycles. The van der Waals surface area contributed by atoms with Gasteiger partial charge in [0.25, 0.3) is 0 Å². The topological polar surface area (TPSA) is 106 Å². The molecule has 0 atom stereocenters. The molecule has 0 aliphatic carbocycles. The summed E-state index contributed by atoms with van der Waals surface area (Å²) in [5.74, 6) is -2.15. The summed E-state index contributed by atoms with van der Waals surface area (Å²) < 4.78 is 0. The van der Waals surface area contributed by atoms with Gasteiger partial charge in [-0.2, -0.15) is 0 Å². The molecule has 0 amide bonds. The second kappa shape index (κ2) is 8.42. The Kier molecular flexibility index (Phi) is 13.6. The fourth-order valence-corrected chi connectivity index (χ4v) is 0.214. The van der Waals surface area contributed by atoms with E-state index in [-0.39, 0.29) is 35.4 Å². The van der Waals surface area contributed by atoms with Gasteiger partial charge in [0.2, 0.25) is 0 Å². The molecule has 0 unspecified atom stereocenters. The molecule has 0 heterocycles. The molecular formula is C4H8MnO5. The Labute approximate surface area is 67.8 Å². The van der Waals surface area contributed by atoms with Crippen LogP contribution in [-0.4, -0.2) is 27.6 Å². The summed E-state index contributed by atoms with van der Waals surface area (Å²) in [5, 5.41) is 15.8. The Morgan fingerprint density at radius 1 is 1.00 bits per heavy atom. The van der Waals surface area contributed by atoms with Crippen LogP contribution in [-0.2, 0) is 26.7 Å². The third kappa shape index (κ3) is 15.7. The third-order valence-corrected chi connectivity index (χ3v) is 0.553. The van der Waals surface area contributed by atoms with Crippen molar-refractivity contribution in [2.24, 2.45) is 0 Å². The zero-order valence-electron chi connectivity index (χ0n) is 5.00. The molecule has 0 bridgehead atoms. The zero-order chi connectivity index (χ0) is 6.57. The smallest absolute Gasteiger partial charge is 0.303 e. The van der Waals surface area contributed by atoms with Crippen molar-refractivity contribution in [2.75, 3.05) is 0 Å². The van der Waals surface area contributed by atoms with Gasteiger partial charge in [0.05, 0.1) is 12.8 Å². The fourth-order valence-electron chi connectivity index (χ4n) is 0.214. The molecule has 0 rings (SSSR count). The molecule has 10 heavy (non-hydrogen) atoms. The summed E-state index contributed by atoms with van der Waals surface area (Å²) in [7, 11) is 0. The van der Waals surface area contributed by atoms with E-state index in [0.717, 1.165) is 0 Å². The van der Waals surface area contributed by atoms with Gasteiger partial charge in [0.15, 0.2) is 0 Å². The normalized spacial score (nSPS) is 6.80. The third-order valence-electron chi connectivity index (χ3n) is 0.553. The molecule has 0 aromatic carbocycles. The molecular weight excluding hydrogens is 183 g/mol. The quantitative estimate of drug-likeness (QED) is 0.564. The molecule has 61 valence electrons. The van der Waals surface area contributed by atoms with Gasteiger partial charge in [0, 0.05) is 17.1 Å². The van der Waals surface area contributed by atoms with Crippen molar-refractivity contribution in [3.63, 3.8) is 0 Å². The Morgan fingerprint density at radius 3 is 1.30 bits per heavy atom. The maximum Gasteiger partial charge on any atom is 0.303 e. The van der Waals surface area contributed by atoms with Crippen LogP contribution in [0.2, 0.25) is 0 Å². The van der Waals surface area contributed by atoms with E-state index in [1.807, 2.05) is 0 Å². The predicted octanol–water partition coefficient (Wildman–Crippen LogP) is -0.891. The van der Waals surface area contributed by atoms with E-state index in [2.05, 4.69) is 0 Å². The van der Waals surface area contributed by atoms with Crippen molar-refractivity contribution in [2.45, 2.75) is 12.8 Å². The molecule has 0 spiro atoms. The van der Waals surface area contributed by atoms with Gasteiger partial charge in [-0.3, -0.25) is 9.59 Å². The number of carboxylic acids is 2. The monoisotopic (exact) mass is 191 g/mol. The standard InChI is InChI=1S/C4H6O4.Mn.H2O/c5-3(6)1-2-4(7)8;;/h1-2H2,(H,5,6)(H,7,8);;1H2. The molecule has 5 nitrogen and oxygen atoms in total. The molecule has 0 saturated carbocycles. The molecule has 0 aromatic rings. The number of hydrogen-bond acceptors (Lipinski definition) is 2. The van der Waals surface area contributed by atoms with E-state index in [9.17, 15) is 9.59 Å². The summed E-state index contributed by atoms with van der Waals surface area (Å²) >= 11 is 0. The van der Waals surface area contributed by atoms with Gasteiger partial charge in [0.1, 0.15) is 0 Å². The largest absolute Gasteiger partial charge is 0.481 e.